The third-order valence-electron chi connectivity index (χ3n) is 6.87. The van der Waals surface area contributed by atoms with Crippen LogP contribution in [0.1, 0.15) is 111 Å². The van der Waals surface area contributed by atoms with Crippen LogP contribution < -0.4 is 0 Å². The van der Waals surface area contributed by atoms with Crippen molar-refractivity contribution in [3.8, 4) is 0 Å². The normalized spacial score (nSPS) is 35.3. The molecule has 0 heterocycles. The lowest BCUT2D eigenvalue weighted by atomic mass is 9.68. The predicted octanol–water partition coefficient (Wildman–Crippen LogP) is 7.86. The minimum atomic E-state index is 0.664. The molecule has 2 saturated carbocycles. The molecule has 0 N–H and O–H groups in total. The lowest BCUT2D eigenvalue weighted by molar-refractivity contribution is 0.148. The molecule has 23 heavy (non-hydrogen) atoms. The zero-order chi connectivity index (χ0) is 16.5. The van der Waals surface area contributed by atoms with Crippen molar-refractivity contribution in [1.82, 2.24) is 0 Å². The van der Waals surface area contributed by atoms with Crippen molar-refractivity contribution >= 4 is 11.8 Å². The molecule has 0 aromatic carbocycles. The zero-order valence-corrected chi connectivity index (χ0v) is 17.1. The Morgan fingerprint density at radius 1 is 0.783 bits per heavy atom. The van der Waals surface area contributed by atoms with E-state index in [1.165, 1.54) is 70.0 Å². The molecule has 1 heteroatoms. The van der Waals surface area contributed by atoms with Crippen LogP contribution in [0.15, 0.2) is 0 Å². The monoisotopic (exact) mass is 338 g/mol. The van der Waals surface area contributed by atoms with E-state index in [0.717, 1.165) is 17.8 Å². The van der Waals surface area contributed by atoms with E-state index in [9.17, 15) is 0 Å². The van der Waals surface area contributed by atoms with Crippen LogP contribution in [0, 0.1) is 17.8 Å². The van der Waals surface area contributed by atoms with E-state index in [0.29, 0.717) is 4.75 Å². The maximum absolute atomic E-state index is 2.38. The van der Waals surface area contributed by atoms with E-state index in [1.807, 2.05) is 0 Å². The van der Waals surface area contributed by atoms with Crippen LogP contribution in [-0.2, 0) is 0 Å². The van der Waals surface area contributed by atoms with Gasteiger partial charge in [-0.25, -0.2) is 0 Å². The molecule has 0 radical (unpaired) electrons. The maximum atomic E-state index is 2.38. The van der Waals surface area contributed by atoms with Gasteiger partial charge in [-0.3, -0.25) is 0 Å². The Morgan fingerprint density at radius 2 is 1.43 bits per heavy atom. The molecule has 2 fully saturated rings. The summed E-state index contributed by atoms with van der Waals surface area (Å²) in [5, 5.41) is 0. The largest absolute Gasteiger partial charge is 0.155 e. The molecule has 0 aromatic rings. The number of hydrogen-bond acceptors (Lipinski definition) is 1. The molecule has 0 unspecified atom stereocenters. The van der Waals surface area contributed by atoms with Gasteiger partial charge in [-0.1, -0.05) is 65.7 Å². The predicted molar refractivity (Wildman–Crippen MR) is 107 cm³/mol. The molecular formula is C22H42S. The fourth-order valence-electron chi connectivity index (χ4n) is 5.50. The first-order chi connectivity index (χ1) is 11.2. The summed E-state index contributed by atoms with van der Waals surface area (Å²) in [4.78, 5) is 0. The Labute approximate surface area is 151 Å². The molecule has 0 aliphatic heterocycles. The second-order valence-corrected chi connectivity index (χ2v) is 10.2. The highest BCUT2D eigenvalue weighted by Gasteiger charge is 2.37. The quantitative estimate of drug-likeness (QED) is 0.386. The maximum Gasteiger partial charge on any atom is 0.0160 e. The molecule has 0 bridgehead atoms. The van der Waals surface area contributed by atoms with Crippen molar-refractivity contribution in [2.75, 3.05) is 5.75 Å². The van der Waals surface area contributed by atoms with Crippen LogP contribution in [0.4, 0.5) is 0 Å². The van der Waals surface area contributed by atoms with Crippen LogP contribution in [-0.4, -0.2) is 10.5 Å². The lowest BCUT2D eigenvalue weighted by Gasteiger charge is -2.43. The summed E-state index contributed by atoms with van der Waals surface area (Å²) in [5.41, 5.74) is 0. The van der Waals surface area contributed by atoms with Gasteiger partial charge in [0, 0.05) is 4.75 Å². The minimum Gasteiger partial charge on any atom is -0.155 e. The third kappa shape index (κ3) is 5.98. The lowest BCUT2D eigenvalue weighted by Crippen LogP contribution is -2.34. The van der Waals surface area contributed by atoms with Crippen LogP contribution in [0.25, 0.3) is 0 Å². The fraction of sp³-hybridized carbons (Fsp3) is 1.00. The SMILES string of the molecule is CCCCCC1CCC(C2CCC(CCC)(SCC)CC2)CC1. The standard InChI is InChI=1S/C22H42S/c1-4-7-8-9-19-10-12-20(13-11-19)21-14-17-22(16-5-2,18-15-21)23-6-3/h19-21H,4-18H2,1-3H3. The van der Waals surface area contributed by atoms with Crippen molar-refractivity contribution in [2.45, 2.75) is 115 Å². The van der Waals surface area contributed by atoms with Crippen molar-refractivity contribution in [3.05, 3.63) is 0 Å². The van der Waals surface area contributed by atoms with Crippen molar-refractivity contribution < 1.29 is 0 Å². The van der Waals surface area contributed by atoms with E-state index in [4.69, 9.17) is 0 Å². The highest BCUT2D eigenvalue weighted by molar-refractivity contribution is 8.00. The van der Waals surface area contributed by atoms with E-state index in [-0.39, 0.29) is 0 Å². The minimum absolute atomic E-state index is 0.664. The van der Waals surface area contributed by atoms with Gasteiger partial charge in [0.25, 0.3) is 0 Å². The Kier molecular flexibility index (Phi) is 8.87. The van der Waals surface area contributed by atoms with E-state index in [1.54, 1.807) is 25.7 Å². The van der Waals surface area contributed by atoms with Gasteiger partial charge >= 0.3 is 0 Å². The average molecular weight is 339 g/mol. The first kappa shape index (κ1) is 19.7. The van der Waals surface area contributed by atoms with Gasteiger partial charge in [0.15, 0.2) is 0 Å². The van der Waals surface area contributed by atoms with E-state index in [2.05, 4.69) is 32.5 Å². The van der Waals surface area contributed by atoms with Gasteiger partial charge in [0.2, 0.25) is 0 Å². The highest BCUT2D eigenvalue weighted by atomic mass is 32.2. The Morgan fingerprint density at radius 3 is 2.00 bits per heavy atom. The van der Waals surface area contributed by atoms with E-state index >= 15 is 0 Å². The Hall–Kier alpha value is 0.350. The van der Waals surface area contributed by atoms with Gasteiger partial charge < -0.3 is 0 Å². The van der Waals surface area contributed by atoms with Crippen molar-refractivity contribution in [3.63, 3.8) is 0 Å². The number of thioether (sulfide) groups is 1. The fourth-order valence-corrected chi connectivity index (χ4v) is 6.98. The number of rotatable bonds is 9. The molecule has 2 aliphatic carbocycles. The van der Waals surface area contributed by atoms with Gasteiger partial charge in [0.05, 0.1) is 0 Å². The summed E-state index contributed by atoms with van der Waals surface area (Å²) in [6.07, 6.45) is 21.0. The molecule has 0 spiro atoms. The summed E-state index contributed by atoms with van der Waals surface area (Å²) >= 11 is 2.28. The topological polar surface area (TPSA) is 0 Å². The van der Waals surface area contributed by atoms with Crippen LogP contribution in [0.2, 0.25) is 0 Å². The second-order valence-electron chi connectivity index (χ2n) is 8.48. The summed E-state index contributed by atoms with van der Waals surface area (Å²) in [7, 11) is 0. The number of unbranched alkanes of at least 4 members (excludes halogenated alkanes) is 2. The number of hydrogen-bond donors (Lipinski definition) is 0. The summed E-state index contributed by atoms with van der Waals surface area (Å²) in [6, 6.07) is 0. The molecule has 0 amide bonds. The highest BCUT2D eigenvalue weighted by Crippen LogP contribution is 2.49. The molecular weight excluding hydrogens is 296 g/mol. The first-order valence-electron chi connectivity index (χ1n) is 10.9. The Balaban J connectivity index is 1.71. The molecule has 0 atom stereocenters. The Bertz CT molecular complexity index is 287. The summed E-state index contributed by atoms with van der Waals surface area (Å²) in [5.74, 6) is 4.56. The van der Waals surface area contributed by atoms with Gasteiger partial charge in [0.1, 0.15) is 0 Å². The van der Waals surface area contributed by atoms with E-state index < -0.39 is 0 Å². The summed E-state index contributed by atoms with van der Waals surface area (Å²) < 4.78 is 0.664. The summed E-state index contributed by atoms with van der Waals surface area (Å²) in [6.45, 7) is 7.06. The molecule has 0 aromatic heterocycles. The third-order valence-corrected chi connectivity index (χ3v) is 8.39. The van der Waals surface area contributed by atoms with Gasteiger partial charge in [-0.2, -0.15) is 11.8 Å². The molecule has 0 saturated heterocycles. The molecule has 0 nitrogen and oxygen atoms in total. The van der Waals surface area contributed by atoms with Gasteiger partial charge in [-0.05, 0) is 68.5 Å². The van der Waals surface area contributed by atoms with Crippen molar-refractivity contribution in [1.29, 1.82) is 0 Å². The first-order valence-corrected chi connectivity index (χ1v) is 11.9. The smallest absolute Gasteiger partial charge is 0.0160 e. The molecule has 2 rings (SSSR count). The van der Waals surface area contributed by atoms with Crippen LogP contribution in [0.3, 0.4) is 0 Å². The zero-order valence-electron chi connectivity index (χ0n) is 16.2. The van der Waals surface area contributed by atoms with Crippen LogP contribution in [0.5, 0.6) is 0 Å². The van der Waals surface area contributed by atoms with Crippen molar-refractivity contribution in [2.24, 2.45) is 17.8 Å². The van der Waals surface area contributed by atoms with Crippen LogP contribution >= 0.6 is 11.8 Å². The average Bonchev–Trinajstić information content (AvgIpc) is 2.57. The molecule has 2 aliphatic rings. The van der Waals surface area contributed by atoms with Gasteiger partial charge in [-0.15, -0.1) is 0 Å². The second kappa shape index (κ2) is 10.4. The molecule has 136 valence electrons.